The molecule has 0 fully saturated rings. The zero-order valence-electron chi connectivity index (χ0n) is 10.2. The van der Waals surface area contributed by atoms with E-state index in [1.165, 1.54) is 12.2 Å². The van der Waals surface area contributed by atoms with Crippen molar-refractivity contribution in [1.29, 1.82) is 0 Å². The first kappa shape index (κ1) is 15.8. The largest absolute Gasteiger partial charge is 0.275 e. The van der Waals surface area contributed by atoms with E-state index in [4.69, 9.17) is 0 Å². The summed E-state index contributed by atoms with van der Waals surface area (Å²) in [7, 11) is 0. The van der Waals surface area contributed by atoms with Crippen LogP contribution in [0.4, 0.5) is 0 Å². The molecule has 0 aliphatic rings. The third kappa shape index (κ3) is 8.56. The van der Waals surface area contributed by atoms with Crippen LogP contribution in [0.3, 0.4) is 0 Å². The lowest BCUT2D eigenvalue weighted by atomic mass is 10.1. The first-order chi connectivity index (χ1) is 8.11. The lowest BCUT2D eigenvalue weighted by Crippen LogP contribution is -2.41. The molecule has 0 aromatic rings. The van der Waals surface area contributed by atoms with Crippen molar-refractivity contribution in [2.75, 3.05) is 0 Å². The maximum atomic E-state index is 11.3. The van der Waals surface area contributed by atoms with Gasteiger partial charge in [-0.1, -0.05) is 38.8 Å². The second kappa shape index (κ2) is 9.96. The fourth-order valence-electron chi connectivity index (χ4n) is 1.15. The van der Waals surface area contributed by atoms with Gasteiger partial charge in [-0.2, -0.15) is 0 Å². The van der Waals surface area contributed by atoms with Gasteiger partial charge < -0.3 is 0 Å². The zero-order valence-corrected chi connectivity index (χ0v) is 11.1. The smallest absolute Gasteiger partial charge is 0.273 e. The molecule has 4 nitrogen and oxygen atoms in total. The number of amides is 2. The van der Waals surface area contributed by atoms with Crippen molar-refractivity contribution in [1.82, 2.24) is 10.9 Å². The Morgan fingerprint density at radius 3 is 2.53 bits per heavy atom. The van der Waals surface area contributed by atoms with Gasteiger partial charge in [-0.15, -0.1) is 12.6 Å². The average Bonchev–Trinajstić information content (AvgIpc) is 2.32. The number of thiol groups is 1. The SMILES string of the molecule is C=C/C=C(\S)C(=O)NNC(=O)CCCCCC. The van der Waals surface area contributed by atoms with Crippen molar-refractivity contribution >= 4 is 24.4 Å². The van der Waals surface area contributed by atoms with Crippen molar-refractivity contribution in [3.8, 4) is 0 Å². The van der Waals surface area contributed by atoms with E-state index < -0.39 is 5.91 Å². The molecular formula is C12H20N2O2S. The van der Waals surface area contributed by atoms with Gasteiger partial charge in [0.15, 0.2) is 0 Å². The molecule has 0 saturated carbocycles. The first-order valence-electron chi connectivity index (χ1n) is 5.72. The van der Waals surface area contributed by atoms with Crippen LogP contribution in [0.15, 0.2) is 23.6 Å². The predicted molar refractivity (Wildman–Crippen MR) is 72.3 cm³/mol. The summed E-state index contributed by atoms with van der Waals surface area (Å²) in [4.78, 5) is 22.8. The molecule has 0 saturated heterocycles. The van der Waals surface area contributed by atoms with Crippen molar-refractivity contribution in [3.05, 3.63) is 23.6 Å². The number of nitrogens with one attached hydrogen (secondary N) is 2. The zero-order chi connectivity index (χ0) is 13.1. The fourth-order valence-corrected chi connectivity index (χ4v) is 1.31. The van der Waals surface area contributed by atoms with Crippen LogP contribution in [0, 0.1) is 0 Å². The lowest BCUT2D eigenvalue weighted by molar-refractivity contribution is -0.126. The summed E-state index contributed by atoms with van der Waals surface area (Å²) in [5, 5.41) is 0. The Balaban J connectivity index is 3.73. The molecule has 0 aromatic heterocycles. The van der Waals surface area contributed by atoms with Crippen molar-refractivity contribution < 1.29 is 9.59 Å². The maximum absolute atomic E-state index is 11.3. The highest BCUT2D eigenvalue weighted by Gasteiger charge is 2.05. The summed E-state index contributed by atoms with van der Waals surface area (Å²) in [6.07, 6.45) is 7.46. The Morgan fingerprint density at radius 2 is 1.94 bits per heavy atom. The topological polar surface area (TPSA) is 58.2 Å². The van der Waals surface area contributed by atoms with Crippen molar-refractivity contribution in [2.45, 2.75) is 39.0 Å². The number of carbonyl (C=O) groups excluding carboxylic acids is 2. The van der Waals surface area contributed by atoms with Crippen LogP contribution >= 0.6 is 12.6 Å². The van der Waals surface area contributed by atoms with Crippen LogP contribution < -0.4 is 10.9 Å². The molecule has 0 unspecified atom stereocenters. The van der Waals surface area contributed by atoms with Gasteiger partial charge >= 0.3 is 0 Å². The third-order valence-corrected chi connectivity index (χ3v) is 2.43. The van der Waals surface area contributed by atoms with Gasteiger partial charge in [-0.3, -0.25) is 20.4 Å². The van der Waals surface area contributed by atoms with Crippen LogP contribution in [-0.2, 0) is 9.59 Å². The standard InChI is InChI=1S/C12H20N2O2S/c1-3-5-6-7-9-11(15)13-14-12(16)10(17)8-4-2/h4,8,17H,2-3,5-7,9H2,1H3,(H,13,15)(H,14,16)/b10-8-. The van der Waals surface area contributed by atoms with E-state index in [1.54, 1.807) is 0 Å². The molecule has 0 aliphatic heterocycles. The van der Waals surface area contributed by atoms with Crippen LogP contribution in [0.2, 0.25) is 0 Å². The quantitative estimate of drug-likeness (QED) is 0.215. The Kier molecular flexibility index (Phi) is 9.24. The number of allylic oxidation sites excluding steroid dienone is 2. The van der Waals surface area contributed by atoms with Gasteiger partial charge in [0.25, 0.3) is 5.91 Å². The molecule has 0 spiro atoms. The molecule has 17 heavy (non-hydrogen) atoms. The molecule has 0 atom stereocenters. The fraction of sp³-hybridized carbons (Fsp3) is 0.500. The van der Waals surface area contributed by atoms with Gasteiger partial charge in [0, 0.05) is 6.42 Å². The van der Waals surface area contributed by atoms with E-state index in [2.05, 4.69) is 37.0 Å². The summed E-state index contributed by atoms with van der Waals surface area (Å²) >= 11 is 3.93. The molecule has 96 valence electrons. The summed E-state index contributed by atoms with van der Waals surface area (Å²) in [5.41, 5.74) is 4.61. The van der Waals surface area contributed by atoms with Crippen LogP contribution in [-0.4, -0.2) is 11.8 Å². The van der Waals surface area contributed by atoms with E-state index in [1.807, 2.05) is 0 Å². The molecule has 2 amide bonds. The van der Waals surface area contributed by atoms with Crippen LogP contribution in [0.1, 0.15) is 39.0 Å². The normalized spacial score (nSPS) is 10.8. The first-order valence-corrected chi connectivity index (χ1v) is 6.17. The van der Waals surface area contributed by atoms with Gasteiger partial charge in [0.2, 0.25) is 5.91 Å². The van der Waals surface area contributed by atoms with E-state index in [-0.39, 0.29) is 10.8 Å². The predicted octanol–water partition coefficient (Wildman–Crippen LogP) is 2.10. The molecular weight excluding hydrogens is 236 g/mol. The highest BCUT2D eigenvalue weighted by Crippen LogP contribution is 2.02. The Bertz CT molecular complexity index is 301. The molecule has 0 bridgehead atoms. The average molecular weight is 256 g/mol. The minimum Gasteiger partial charge on any atom is -0.273 e. The van der Waals surface area contributed by atoms with Crippen LogP contribution in [0.25, 0.3) is 0 Å². The Labute approximate surface area is 108 Å². The number of hydrazine groups is 1. The number of rotatable bonds is 7. The highest BCUT2D eigenvalue weighted by molar-refractivity contribution is 7.85. The van der Waals surface area contributed by atoms with Crippen molar-refractivity contribution in [3.63, 3.8) is 0 Å². The van der Waals surface area contributed by atoms with E-state index in [9.17, 15) is 9.59 Å². The van der Waals surface area contributed by atoms with Gasteiger partial charge in [0.1, 0.15) is 0 Å². The maximum Gasteiger partial charge on any atom is 0.275 e. The number of unbranched alkanes of at least 4 members (excludes halogenated alkanes) is 3. The lowest BCUT2D eigenvalue weighted by Gasteiger charge is -2.06. The minimum absolute atomic E-state index is 0.186. The number of carbonyl (C=O) groups is 2. The van der Waals surface area contributed by atoms with Crippen molar-refractivity contribution in [2.24, 2.45) is 0 Å². The molecule has 0 aliphatic carbocycles. The number of hydrogen-bond donors (Lipinski definition) is 3. The summed E-state index contributed by atoms with van der Waals surface area (Å²) in [5.74, 6) is -0.635. The summed E-state index contributed by atoms with van der Waals surface area (Å²) in [6, 6.07) is 0. The minimum atomic E-state index is -0.449. The molecule has 2 N–H and O–H groups in total. The molecule has 5 heteroatoms. The Morgan fingerprint density at radius 1 is 1.24 bits per heavy atom. The molecule has 0 rings (SSSR count). The van der Waals surface area contributed by atoms with Gasteiger partial charge in [-0.05, 0) is 12.5 Å². The molecule has 0 radical (unpaired) electrons. The summed E-state index contributed by atoms with van der Waals surface area (Å²) < 4.78 is 0. The van der Waals surface area contributed by atoms with E-state index in [0.717, 1.165) is 25.7 Å². The summed E-state index contributed by atoms with van der Waals surface area (Å²) in [6.45, 7) is 5.56. The molecule has 0 aromatic carbocycles. The second-order valence-corrected chi connectivity index (χ2v) is 4.08. The van der Waals surface area contributed by atoms with Gasteiger partial charge in [-0.25, -0.2) is 0 Å². The third-order valence-electron chi connectivity index (χ3n) is 2.08. The monoisotopic (exact) mass is 256 g/mol. The molecule has 0 heterocycles. The van der Waals surface area contributed by atoms with E-state index >= 15 is 0 Å². The second-order valence-electron chi connectivity index (χ2n) is 3.60. The van der Waals surface area contributed by atoms with Crippen LogP contribution in [0.5, 0.6) is 0 Å². The number of hydrogen-bond acceptors (Lipinski definition) is 3. The Hall–Kier alpha value is -1.23. The highest BCUT2D eigenvalue weighted by atomic mass is 32.1. The van der Waals surface area contributed by atoms with E-state index in [0.29, 0.717) is 6.42 Å². The van der Waals surface area contributed by atoms with Gasteiger partial charge in [0.05, 0.1) is 4.91 Å².